The molecule has 0 aliphatic carbocycles. The number of hydrogen-bond acceptors (Lipinski definition) is 4. The minimum absolute atomic E-state index is 0.968. The molecule has 1 aromatic carbocycles. The molecular formula is C16H25N3O. The lowest BCUT2D eigenvalue weighted by Gasteiger charge is -2.37. The van der Waals surface area contributed by atoms with E-state index >= 15 is 0 Å². The summed E-state index contributed by atoms with van der Waals surface area (Å²) in [5.74, 6) is 1.05. The van der Waals surface area contributed by atoms with Crippen molar-refractivity contribution in [2.24, 2.45) is 0 Å². The summed E-state index contributed by atoms with van der Waals surface area (Å²) in [6, 6.07) is 4.39. The first-order valence-electron chi connectivity index (χ1n) is 7.70. The van der Waals surface area contributed by atoms with Crippen LogP contribution in [-0.2, 0) is 13.0 Å². The van der Waals surface area contributed by atoms with Crippen molar-refractivity contribution in [1.29, 1.82) is 0 Å². The Morgan fingerprint density at radius 1 is 1.15 bits per heavy atom. The monoisotopic (exact) mass is 275 g/mol. The van der Waals surface area contributed by atoms with Crippen LogP contribution in [0.3, 0.4) is 0 Å². The first-order valence-corrected chi connectivity index (χ1v) is 7.70. The van der Waals surface area contributed by atoms with Crippen molar-refractivity contribution in [3.63, 3.8) is 0 Å². The molecule has 0 aromatic heterocycles. The fraction of sp³-hybridized carbons (Fsp3) is 0.625. The van der Waals surface area contributed by atoms with Crippen molar-refractivity contribution in [2.75, 3.05) is 51.3 Å². The summed E-state index contributed by atoms with van der Waals surface area (Å²) in [4.78, 5) is 5.06. The fourth-order valence-corrected chi connectivity index (χ4v) is 3.35. The van der Waals surface area contributed by atoms with E-state index in [9.17, 15) is 0 Å². The van der Waals surface area contributed by atoms with Crippen LogP contribution in [0, 0.1) is 0 Å². The van der Waals surface area contributed by atoms with E-state index in [0.717, 1.165) is 44.9 Å². The maximum Gasteiger partial charge on any atom is 0.122 e. The third-order valence-corrected chi connectivity index (χ3v) is 4.60. The fourth-order valence-electron chi connectivity index (χ4n) is 3.35. The molecule has 0 radical (unpaired) electrons. The van der Waals surface area contributed by atoms with E-state index in [1.807, 2.05) is 0 Å². The highest BCUT2D eigenvalue weighted by atomic mass is 16.5. The second-order valence-electron chi connectivity index (χ2n) is 5.59. The Bertz CT molecular complexity index is 467. The predicted octanol–water partition coefficient (Wildman–Crippen LogP) is 1.48. The summed E-state index contributed by atoms with van der Waals surface area (Å²) in [7, 11) is 1.78. The topological polar surface area (TPSA) is 27.7 Å². The lowest BCUT2D eigenvalue weighted by atomic mass is 9.97. The first-order chi connectivity index (χ1) is 9.83. The van der Waals surface area contributed by atoms with Crippen molar-refractivity contribution < 1.29 is 4.74 Å². The Morgan fingerprint density at radius 2 is 1.95 bits per heavy atom. The van der Waals surface area contributed by atoms with Gasteiger partial charge in [0.1, 0.15) is 5.75 Å². The Hall–Kier alpha value is -1.26. The van der Waals surface area contributed by atoms with Gasteiger partial charge in [0.15, 0.2) is 0 Å². The molecule has 1 fully saturated rings. The van der Waals surface area contributed by atoms with E-state index in [4.69, 9.17) is 4.74 Å². The lowest BCUT2D eigenvalue weighted by Crippen LogP contribution is -2.46. The molecule has 0 unspecified atom stereocenters. The normalized spacial score (nSPS) is 19.8. The molecule has 0 saturated carbocycles. The Balaban J connectivity index is 1.87. The minimum Gasteiger partial charge on any atom is -0.496 e. The molecule has 1 aromatic rings. The molecule has 0 spiro atoms. The Labute approximate surface area is 121 Å². The number of methoxy groups -OCH3 is 1. The third kappa shape index (κ3) is 2.50. The van der Waals surface area contributed by atoms with Crippen LogP contribution < -0.4 is 15.0 Å². The number of rotatable bonds is 3. The molecule has 0 atom stereocenters. The van der Waals surface area contributed by atoms with Gasteiger partial charge in [-0.15, -0.1) is 0 Å². The highest BCUT2D eigenvalue weighted by molar-refractivity contribution is 5.62. The number of fused-ring (bicyclic) bond motifs is 1. The summed E-state index contributed by atoms with van der Waals surface area (Å²) >= 11 is 0. The van der Waals surface area contributed by atoms with Crippen LogP contribution >= 0.6 is 0 Å². The van der Waals surface area contributed by atoms with E-state index in [1.54, 1.807) is 7.11 Å². The van der Waals surface area contributed by atoms with Crippen molar-refractivity contribution in [2.45, 2.75) is 19.9 Å². The van der Waals surface area contributed by atoms with Gasteiger partial charge >= 0.3 is 0 Å². The van der Waals surface area contributed by atoms with E-state index in [-0.39, 0.29) is 0 Å². The van der Waals surface area contributed by atoms with Crippen molar-refractivity contribution in [3.05, 3.63) is 23.3 Å². The summed E-state index contributed by atoms with van der Waals surface area (Å²) in [5.41, 5.74) is 4.26. The highest BCUT2D eigenvalue weighted by Crippen LogP contribution is 2.33. The summed E-state index contributed by atoms with van der Waals surface area (Å²) in [6.07, 6.45) is 1.07. The van der Waals surface area contributed by atoms with Gasteiger partial charge in [-0.2, -0.15) is 0 Å². The van der Waals surface area contributed by atoms with Gasteiger partial charge < -0.3 is 19.9 Å². The number of likely N-dealkylation sites (N-methyl/N-ethyl adjacent to an activating group) is 1. The molecule has 2 heterocycles. The number of piperazine rings is 1. The van der Waals surface area contributed by atoms with Gasteiger partial charge in [-0.1, -0.05) is 6.92 Å². The van der Waals surface area contributed by atoms with Gasteiger partial charge in [-0.3, -0.25) is 0 Å². The molecular weight excluding hydrogens is 250 g/mol. The number of anilines is 1. The number of nitrogens with one attached hydrogen (secondary N) is 1. The molecule has 4 nitrogen and oxygen atoms in total. The Kier molecular flexibility index (Phi) is 4.13. The van der Waals surface area contributed by atoms with Crippen LogP contribution in [0.5, 0.6) is 5.75 Å². The molecule has 1 N–H and O–H groups in total. The highest BCUT2D eigenvalue weighted by Gasteiger charge is 2.23. The number of hydrogen-bond donors (Lipinski definition) is 1. The molecule has 3 rings (SSSR count). The van der Waals surface area contributed by atoms with Gasteiger partial charge in [-0.05, 0) is 37.2 Å². The number of nitrogens with zero attached hydrogens (tertiary/aromatic N) is 2. The van der Waals surface area contributed by atoms with Crippen molar-refractivity contribution in [1.82, 2.24) is 10.2 Å². The van der Waals surface area contributed by atoms with Crippen LogP contribution in [0.2, 0.25) is 0 Å². The van der Waals surface area contributed by atoms with E-state index < -0.39 is 0 Å². The van der Waals surface area contributed by atoms with E-state index in [1.165, 1.54) is 29.9 Å². The smallest absolute Gasteiger partial charge is 0.122 e. The summed E-state index contributed by atoms with van der Waals surface area (Å²) in [5, 5.41) is 3.50. The van der Waals surface area contributed by atoms with Crippen molar-refractivity contribution in [3.8, 4) is 5.75 Å². The zero-order valence-corrected chi connectivity index (χ0v) is 12.6. The zero-order valence-electron chi connectivity index (χ0n) is 12.6. The second-order valence-corrected chi connectivity index (χ2v) is 5.59. The van der Waals surface area contributed by atoms with Crippen LogP contribution in [0.25, 0.3) is 0 Å². The quantitative estimate of drug-likeness (QED) is 0.904. The van der Waals surface area contributed by atoms with E-state index in [0.29, 0.717) is 0 Å². The van der Waals surface area contributed by atoms with Crippen LogP contribution in [0.1, 0.15) is 18.1 Å². The summed E-state index contributed by atoms with van der Waals surface area (Å²) in [6.45, 7) is 10.0. The average Bonchev–Trinajstić information content (AvgIpc) is 2.54. The van der Waals surface area contributed by atoms with E-state index in [2.05, 4.69) is 34.2 Å². The van der Waals surface area contributed by atoms with Gasteiger partial charge in [0.05, 0.1) is 7.11 Å². The lowest BCUT2D eigenvalue weighted by molar-refractivity contribution is 0.271. The number of ether oxygens (including phenoxy) is 1. The third-order valence-electron chi connectivity index (χ3n) is 4.60. The number of benzene rings is 1. The maximum absolute atomic E-state index is 5.53. The van der Waals surface area contributed by atoms with Gasteiger partial charge in [0.2, 0.25) is 0 Å². The predicted molar refractivity (Wildman–Crippen MR) is 82.7 cm³/mol. The van der Waals surface area contributed by atoms with Gasteiger partial charge in [0, 0.05) is 44.0 Å². The zero-order chi connectivity index (χ0) is 13.9. The molecule has 110 valence electrons. The molecule has 0 bridgehead atoms. The van der Waals surface area contributed by atoms with Crippen LogP contribution in [0.15, 0.2) is 12.1 Å². The molecule has 1 saturated heterocycles. The van der Waals surface area contributed by atoms with Gasteiger partial charge in [0.25, 0.3) is 0 Å². The molecule has 2 aliphatic rings. The Morgan fingerprint density at radius 3 is 2.65 bits per heavy atom. The van der Waals surface area contributed by atoms with Gasteiger partial charge in [-0.25, -0.2) is 0 Å². The minimum atomic E-state index is 0.968. The van der Waals surface area contributed by atoms with Crippen molar-refractivity contribution >= 4 is 5.69 Å². The largest absolute Gasteiger partial charge is 0.496 e. The summed E-state index contributed by atoms with van der Waals surface area (Å²) < 4.78 is 5.53. The average molecular weight is 275 g/mol. The molecule has 2 aliphatic heterocycles. The molecule has 4 heteroatoms. The SMILES string of the molecule is CCN1CCN(c2ccc(OC)c3c2CNCC3)CC1. The first kappa shape index (κ1) is 13.7. The standard InChI is InChI=1S/C16H25N3O/c1-3-18-8-10-19(11-9-18)15-4-5-16(20-2)13-6-7-17-12-14(13)15/h4-5,17H,3,6-12H2,1-2H3. The maximum atomic E-state index is 5.53. The molecule has 20 heavy (non-hydrogen) atoms. The van der Waals surface area contributed by atoms with Crippen LogP contribution in [0.4, 0.5) is 5.69 Å². The molecule has 0 amide bonds. The second kappa shape index (κ2) is 6.02. The van der Waals surface area contributed by atoms with Crippen LogP contribution in [-0.4, -0.2) is 51.3 Å².